The van der Waals surface area contributed by atoms with Crippen molar-refractivity contribution in [1.29, 1.82) is 0 Å². The second-order valence-electron chi connectivity index (χ2n) is 4.14. The molecule has 0 saturated carbocycles. The quantitative estimate of drug-likeness (QED) is 0.677. The van der Waals surface area contributed by atoms with Gasteiger partial charge in [0.1, 0.15) is 5.75 Å². The van der Waals surface area contributed by atoms with Gasteiger partial charge in [-0.1, -0.05) is 54.6 Å². The Hall–Kier alpha value is -2.61. The number of ether oxygens (including phenoxy) is 1. The van der Waals surface area contributed by atoms with Crippen LogP contribution in [0, 0.1) is 0 Å². The van der Waals surface area contributed by atoms with E-state index in [-0.39, 0.29) is 0 Å². The van der Waals surface area contributed by atoms with E-state index in [9.17, 15) is 0 Å². The molecular formula is C17H13NO. The third kappa shape index (κ3) is 2.80. The van der Waals surface area contributed by atoms with Gasteiger partial charge in [0.05, 0.1) is 5.69 Å². The summed E-state index contributed by atoms with van der Waals surface area (Å²) in [5, 5.41) is 0. The first-order chi connectivity index (χ1) is 9.42. The highest BCUT2D eigenvalue weighted by atomic mass is 16.5. The van der Waals surface area contributed by atoms with Crippen molar-refractivity contribution in [3.63, 3.8) is 0 Å². The Kier molecular flexibility index (Phi) is 3.24. The molecule has 0 atom stereocenters. The fraction of sp³-hybridized carbons (Fsp3) is 0. The second kappa shape index (κ2) is 5.36. The third-order valence-corrected chi connectivity index (χ3v) is 2.76. The Morgan fingerprint density at radius 3 is 2.05 bits per heavy atom. The largest absolute Gasteiger partial charge is 0.439 e. The van der Waals surface area contributed by atoms with E-state index in [2.05, 4.69) is 4.98 Å². The number of pyridine rings is 1. The van der Waals surface area contributed by atoms with Crippen LogP contribution in [0.25, 0.3) is 11.3 Å². The van der Waals surface area contributed by atoms with Crippen LogP contribution in [0.4, 0.5) is 0 Å². The van der Waals surface area contributed by atoms with E-state index < -0.39 is 0 Å². The molecule has 0 fully saturated rings. The number of hydrogen-bond acceptors (Lipinski definition) is 2. The Bertz CT molecular complexity index is 650. The van der Waals surface area contributed by atoms with Crippen molar-refractivity contribution in [2.45, 2.75) is 0 Å². The molecule has 19 heavy (non-hydrogen) atoms. The van der Waals surface area contributed by atoms with Crippen LogP contribution in [0.3, 0.4) is 0 Å². The molecule has 92 valence electrons. The van der Waals surface area contributed by atoms with Gasteiger partial charge in [0.2, 0.25) is 5.88 Å². The number of benzene rings is 2. The van der Waals surface area contributed by atoms with Gasteiger partial charge in [0.25, 0.3) is 0 Å². The molecule has 2 aromatic carbocycles. The predicted octanol–water partition coefficient (Wildman–Crippen LogP) is 4.54. The van der Waals surface area contributed by atoms with Gasteiger partial charge in [-0.3, -0.25) is 0 Å². The monoisotopic (exact) mass is 247 g/mol. The number of hydrogen-bond donors (Lipinski definition) is 0. The molecule has 1 aromatic heterocycles. The molecule has 0 unspecified atom stereocenters. The molecule has 0 spiro atoms. The average molecular weight is 247 g/mol. The topological polar surface area (TPSA) is 22.1 Å². The lowest BCUT2D eigenvalue weighted by atomic mass is 10.1. The first-order valence-electron chi connectivity index (χ1n) is 6.17. The Morgan fingerprint density at radius 1 is 0.632 bits per heavy atom. The number of para-hydroxylation sites is 1. The molecule has 0 bridgehead atoms. The first kappa shape index (κ1) is 11.5. The van der Waals surface area contributed by atoms with Crippen molar-refractivity contribution in [1.82, 2.24) is 4.98 Å². The highest BCUT2D eigenvalue weighted by Crippen LogP contribution is 2.23. The predicted molar refractivity (Wildman–Crippen MR) is 76.2 cm³/mol. The summed E-state index contributed by atoms with van der Waals surface area (Å²) < 4.78 is 5.73. The Morgan fingerprint density at radius 2 is 1.32 bits per heavy atom. The maximum Gasteiger partial charge on any atom is 0.219 e. The zero-order valence-electron chi connectivity index (χ0n) is 10.4. The molecule has 0 N–H and O–H groups in total. The second-order valence-corrected chi connectivity index (χ2v) is 4.14. The molecule has 0 radical (unpaired) electrons. The van der Waals surface area contributed by atoms with Crippen LogP contribution >= 0.6 is 0 Å². The van der Waals surface area contributed by atoms with Crippen molar-refractivity contribution in [3.05, 3.63) is 78.9 Å². The molecule has 0 aliphatic carbocycles. The summed E-state index contributed by atoms with van der Waals surface area (Å²) in [6.07, 6.45) is 0. The summed E-state index contributed by atoms with van der Waals surface area (Å²) in [6.45, 7) is 0. The lowest BCUT2D eigenvalue weighted by Gasteiger charge is -2.06. The lowest BCUT2D eigenvalue weighted by molar-refractivity contribution is 0.463. The molecule has 0 aliphatic heterocycles. The van der Waals surface area contributed by atoms with E-state index in [0.29, 0.717) is 5.88 Å². The third-order valence-electron chi connectivity index (χ3n) is 2.76. The molecule has 2 heteroatoms. The molecule has 3 aromatic rings. The summed E-state index contributed by atoms with van der Waals surface area (Å²) >= 11 is 0. The average Bonchev–Trinajstić information content (AvgIpc) is 2.49. The van der Waals surface area contributed by atoms with Crippen LogP contribution in [0.2, 0.25) is 0 Å². The van der Waals surface area contributed by atoms with Crippen LogP contribution in [-0.4, -0.2) is 4.98 Å². The van der Waals surface area contributed by atoms with E-state index in [0.717, 1.165) is 17.0 Å². The summed E-state index contributed by atoms with van der Waals surface area (Å²) in [5.74, 6) is 1.40. The van der Waals surface area contributed by atoms with Crippen molar-refractivity contribution in [2.75, 3.05) is 0 Å². The standard InChI is InChI=1S/C17H13NO/c1-3-8-14(9-4-1)16-12-7-13-17(18-16)19-15-10-5-2-6-11-15/h1-13H. The summed E-state index contributed by atoms with van der Waals surface area (Å²) in [5.41, 5.74) is 2.00. The van der Waals surface area contributed by atoms with Gasteiger partial charge in [-0.2, -0.15) is 0 Å². The van der Waals surface area contributed by atoms with Gasteiger partial charge in [-0.05, 0) is 18.2 Å². The van der Waals surface area contributed by atoms with Crippen molar-refractivity contribution >= 4 is 0 Å². The normalized spacial score (nSPS) is 10.1. The number of aromatic nitrogens is 1. The van der Waals surface area contributed by atoms with E-state index in [4.69, 9.17) is 4.74 Å². The Labute approximate surface area is 112 Å². The van der Waals surface area contributed by atoms with E-state index >= 15 is 0 Å². The smallest absolute Gasteiger partial charge is 0.219 e. The minimum atomic E-state index is 0.604. The van der Waals surface area contributed by atoms with Gasteiger partial charge >= 0.3 is 0 Å². The summed E-state index contributed by atoms with van der Waals surface area (Å²) in [7, 11) is 0. The van der Waals surface area contributed by atoms with Crippen LogP contribution in [0.5, 0.6) is 11.6 Å². The SMILES string of the molecule is c1ccc(Oc2cccc(-c3ccccc3)n2)cc1. The molecule has 1 heterocycles. The zero-order chi connectivity index (χ0) is 12.9. The minimum Gasteiger partial charge on any atom is -0.439 e. The van der Waals surface area contributed by atoms with E-state index in [1.54, 1.807) is 0 Å². The Balaban J connectivity index is 1.89. The molecule has 0 saturated heterocycles. The van der Waals surface area contributed by atoms with Crippen LogP contribution in [0.1, 0.15) is 0 Å². The zero-order valence-corrected chi connectivity index (χ0v) is 10.4. The highest BCUT2D eigenvalue weighted by molar-refractivity contribution is 5.59. The maximum absolute atomic E-state index is 5.73. The van der Waals surface area contributed by atoms with Crippen molar-refractivity contribution < 1.29 is 4.74 Å². The van der Waals surface area contributed by atoms with Gasteiger partial charge in [0.15, 0.2) is 0 Å². The molecular weight excluding hydrogens is 234 g/mol. The van der Waals surface area contributed by atoms with Gasteiger partial charge in [0, 0.05) is 11.6 Å². The van der Waals surface area contributed by atoms with E-state index in [1.165, 1.54) is 0 Å². The van der Waals surface area contributed by atoms with Gasteiger partial charge in [-0.15, -0.1) is 0 Å². The maximum atomic E-state index is 5.73. The van der Waals surface area contributed by atoms with Crippen molar-refractivity contribution in [2.24, 2.45) is 0 Å². The molecule has 3 rings (SSSR count). The van der Waals surface area contributed by atoms with Crippen LogP contribution in [0.15, 0.2) is 78.9 Å². The van der Waals surface area contributed by atoms with Crippen LogP contribution < -0.4 is 4.74 Å². The molecule has 0 amide bonds. The first-order valence-corrected chi connectivity index (χ1v) is 6.17. The van der Waals surface area contributed by atoms with E-state index in [1.807, 2.05) is 78.9 Å². The molecule has 0 aliphatic rings. The minimum absolute atomic E-state index is 0.604. The van der Waals surface area contributed by atoms with Gasteiger partial charge in [-0.25, -0.2) is 4.98 Å². The van der Waals surface area contributed by atoms with Crippen molar-refractivity contribution in [3.8, 4) is 22.9 Å². The number of rotatable bonds is 3. The number of nitrogens with zero attached hydrogens (tertiary/aromatic N) is 1. The summed E-state index contributed by atoms with van der Waals surface area (Å²) in [4.78, 5) is 4.52. The van der Waals surface area contributed by atoms with Crippen LogP contribution in [-0.2, 0) is 0 Å². The highest BCUT2D eigenvalue weighted by Gasteiger charge is 2.02. The molecule has 2 nitrogen and oxygen atoms in total. The fourth-order valence-electron chi connectivity index (χ4n) is 1.85. The summed E-state index contributed by atoms with van der Waals surface area (Å²) in [6, 6.07) is 25.5. The van der Waals surface area contributed by atoms with Gasteiger partial charge < -0.3 is 4.74 Å². The lowest BCUT2D eigenvalue weighted by Crippen LogP contribution is -1.89. The fourth-order valence-corrected chi connectivity index (χ4v) is 1.85.